The molecule has 1 aromatic heterocycles. The van der Waals surface area contributed by atoms with Crippen LogP contribution >= 0.6 is 11.8 Å². The Labute approximate surface area is 154 Å². The lowest BCUT2D eigenvalue weighted by atomic mass is 10.2. The molecule has 0 radical (unpaired) electrons. The Balaban J connectivity index is 1.63. The molecule has 0 amide bonds. The van der Waals surface area contributed by atoms with Crippen LogP contribution in [0.5, 0.6) is 0 Å². The van der Waals surface area contributed by atoms with Gasteiger partial charge in [-0.1, -0.05) is 30.3 Å². The standard InChI is InChI=1S/C19H27N5S/c1-2-20-19(23-17-9-6-12-25-15-17)22-13-18-21-10-11-24(18)14-16-7-4-3-5-8-16/h3-5,7-8,10-11,17H,2,6,9,12-15H2,1H3,(H2,20,22,23). The average Bonchev–Trinajstić information content (AvgIpc) is 3.09. The topological polar surface area (TPSA) is 54.2 Å². The molecule has 1 atom stereocenters. The lowest BCUT2D eigenvalue weighted by molar-refractivity contribution is 0.581. The highest BCUT2D eigenvalue weighted by atomic mass is 32.2. The molecule has 25 heavy (non-hydrogen) atoms. The fourth-order valence-electron chi connectivity index (χ4n) is 2.93. The molecular formula is C19H27N5S. The molecule has 2 aromatic rings. The van der Waals surface area contributed by atoms with Crippen molar-refractivity contribution in [2.75, 3.05) is 18.1 Å². The maximum absolute atomic E-state index is 4.75. The highest BCUT2D eigenvalue weighted by molar-refractivity contribution is 7.99. The third kappa shape index (κ3) is 5.53. The van der Waals surface area contributed by atoms with Gasteiger partial charge in [0.1, 0.15) is 12.4 Å². The lowest BCUT2D eigenvalue weighted by Gasteiger charge is -2.24. The van der Waals surface area contributed by atoms with Crippen molar-refractivity contribution >= 4 is 17.7 Å². The Morgan fingerprint density at radius 1 is 1.36 bits per heavy atom. The van der Waals surface area contributed by atoms with Gasteiger partial charge in [-0.3, -0.25) is 0 Å². The van der Waals surface area contributed by atoms with E-state index >= 15 is 0 Å². The Hall–Kier alpha value is -1.95. The van der Waals surface area contributed by atoms with Gasteiger partial charge in [-0.25, -0.2) is 9.98 Å². The van der Waals surface area contributed by atoms with Crippen LogP contribution in [0.2, 0.25) is 0 Å². The molecule has 134 valence electrons. The number of nitrogens with one attached hydrogen (secondary N) is 2. The maximum atomic E-state index is 4.75. The summed E-state index contributed by atoms with van der Waals surface area (Å²) < 4.78 is 2.17. The lowest BCUT2D eigenvalue weighted by Crippen LogP contribution is -2.45. The predicted octanol–water partition coefficient (Wildman–Crippen LogP) is 2.88. The van der Waals surface area contributed by atoms with Crippen LogP contribution in [0.1, 0.15) is 31.2 Å². The van der Waals surface area contributed by atoms with E-state index in [9.17, 15) is 0 Å². The predicted molar refractivity (Wildman–Crippen MR) is 106 cm³/mol. The number of benzene rings is 1. The summed E-state index contributed by atoms with van der Waals surface area (Å²) >= 11 is 2.02. The van der Waals surface area contributed by atoms with Gasteiger partial charge in [-0.2, -0.15) is 11.8 Å². The molecule has 6 heteroatoms. The minimum atomic E-state index is 0.514. The van der Waals surface area contributed by atoms with Crippen LogP contribution in [-0.2, 0) is 13.1 Å². The van der Waals surface area contributed by atoms with Gasteiger partial charge in [0, 0.05) is 37.3 Å². The van der Waals surface area contributed by atoms with Crippen LogP contribution in [-0.4, -0.2) is 39.6 Å². The smallest absolute Gasteiger partial charge is 0.191 e. The normalized spacial score (nSPS) is 18.1. The van der Waals surface area contributed by atoms with Crippen molar-refractivity contribution in [3.8, 4) is 0 Å². The molecule has 1 aromatic carbocycles. The minimum Gasteiger partial charge on any atom is -0.357 e. The Morgan fingerprint density at radius 2 is 2.24 bits per heavy atom. The summed E-state index contributed by atoms with van der Waals surface area (Å²) in [4.78, 5) is 9.24. The van der Waals surface area contributed by atoms with Crippen molar-refractivity contribution in [1.82, 2.24) is 20.2 Å². The molecule has 3 rings (SSSR count). The van der Waals surface area contributed by atoms with E-state index in [1.54, 1.807) is 0 Å². The summed E-state index contributed by atoms with van der Waals surface area (Å²) in [5, 5.41) is 6.92. The Kier molecular flexibility index (Phi) is 6.79. The largest absolute Gasteiger partial charge is 0.357 e. The monoisotopic (exact) mass is 357 g/mol. The fraction of sp³-hybridized carbons (Fsp3) is 0.474. The van der Waals surface area contributed by atoms with Crippen LogP contribution in [0, 0.1) is 0 Å². The second-order valence-corrected chi connectivity index (χ2v) is 7.36. The van der Waals surface area contributed by atoms with Crippen molar-refractivity contribution in [1.29, 1.82) is 0 Å². The number of imidazole rings is 1. The third-order valence-electron chi connectivity index (χ3n) is 4.22. The van der Waals surface area contributed by atoms with Crippen molar-refractivity contribution < 1.29 is 0 Å². The van der Waals surface area contributed by atoms with Gasteiger partial charge >= 0.3 is 0 Å². The average molecular weight is 358 g/mol. The van der Waals surface area contributed by atoms with Gasteiger partial charge in [0.2, 0.25) is 0 Å². The second kappa shape index (κ2) is 9.51. The number of hydrogen-bond donors (Lipinski definition) is 2. The van der Waals surface area contributed by atoms with Gasteiger partial charge in [-0.15, -0.1) is 0 Å². The number of aromatic nitrogens is 2. The first-order chi connectivity index (χ1) is 12.3. The first-order valence-electron chi connectivity index (χ1n) is 9.01. The van der Waals surface area contributed by atoms with Gasteiger partial charge in [0.15, 0.2) is 5.96 Å². The molecule has 1 saturated heterocycles. The number of aliphatic imine (C=N–C) groups is 1. The molecule has 5 nitrogen and oxygen atoms in total. The number of nitrogens with zero attached hydrogens (tertiary/aromatic N) is 3. The van der Waals surface area contributed by atoms with Gasteiger partial charge in [0.05, 0.1) is 0 Å². The molecule has 1 fully saturated rings. The number of thioether (sulfide) groups is 1. The van der Waals surface area contributed by atoms with Crippen LogP contribution < -0.4 is 10.6 Å². The van der Waals surface area contributed by atoms with Crippen molar-refractivity contribution in [2.45, 2.75) is 38.9 Å². The van der Waals surface area contributed by atoms with E-state index in [1.165, 1.54) is 24.2 Å². The highest BCUT2D eigenvalue weighted by Gasteiger charge is 2.15. The Morgan fingerprint density at radius 3 is 3.00 bits per heavy atom. The van der Waals surface area contributed by atoms with E-state index in [1.807, 2.05) is 30.2 Å². The molecule has 2 heterocycles. The molecule has 2 N–H and O–H groups in total. The van der Waals surface area contributed by atoms with Gasteiger partial charge < -0.3 is 15.2 Å². The summed E-state index contributed by atoms with van der Waals surface area (Å²) in [6.45, 7) is 4.37. The molecule has 1 aliphatic heterocycles. The second-order valence-electron chi connectivity index (χ2n) is 6.21. The summed E-state index contributed by atoms with van der Waals surface area (Å²) in [6, 6.07) is 11.0. The summed E-state index contributed by atoms with van der Waals surface area (Å²) in [5.41, 5.74) is 1.27. The zero-order valence-corrected chi connectivity index (χ0v) is 15.6. The number of rotatable bonds is 6. The molecule has 0 spiro atoms. The SMILES string of the molecule is CCNC(=NCc1nccn1Cc1ccccc1)NC1CCCSC1. The quantitative estimate of drug-likeness (QED) is 0.617. The van der Waals surface area contributed by atoms with E-state index in [-0.39, 0.29) is 0 Å². The zero-order chi connectivity index (χ0) is 17.3. The Bertz CT molecular complexity index is 661. The summed E-state index contributed by atoms with van der Waals surface area (Å²) in [5.74, 6) is 4.32. The summed E-state index contributed by atoms with van der Waals surface area (Å²) in [6.07, 6.45) is 6.38. The van der Waals surface area contributed by atoms with Gasteiger partial charge in [0.25, 0.3) is 0 Å². The number of guanidine groups is 1. The maximum Gasteiger partial charge on any atom is 0.191 e. The van der Waals surface area contributed by atoms with Crippen molar-refractivity contribution in [3.63, 3.8) is 0 Å². The zero-order valence-electron chi connectivity index (χ0n) is 14.8. The number of hydrogen-bond acceptors (Lipinski definition) is 3. The van der Waals surface area contributed by atoms with Crippen molar-refractivity contribution in [2.24, 2.45) is 4.99 Å². The first-order valence-corrected chi connectivity index (χ1v) is 10.2. The van der Waals surface area contributed by atoms with Crippen LogP contribution in [0.25, 0.3) is 0 Å². The van der Waals surface area contributed by atoms with E-state index < -0.39 is 0 Å². The molecule has 0 saturated carbocycles. The van der Waals surface area contributed by atoms with Crippen molar-refractivity contribution in [3.05, 3.63) is 54.1 Å². The van der Waals surface area contributed by atoms with Gasteiger partial charge in [-0.05, 0) is 31.1 Å². The van der Waals surface area contributed by atoms with Crippen LogP contribution in [0.4, 0.5) is 0 Å². The summed E-state index contributed by atoms with van der Waals surface area (Å²) in [7, 11) is 0. The molecule has 1 unspecified atom stereocenters. The van der Waals surface area contributed by atoms with E-state index in [0.717, 1.165) is 30.6 Å². The molecule has 0 bridgehead atoms. The third-order valence-corrected chi connectivity index (χ3v) is 5.44. The minimum absolute atomic E-state index is 0.514. The first kappa shape index (κ1) is 17.9. The highest BCUT2D eigenvalue weighted by Crippen LogP contribution is 2.16. The van der Waals surface area contributed by atoms with E-state index in [0.29, 0.717) is 12.6 Å². The van der Waals surface area contributed by atoms with E-state index in [2.05, 4.69) is 51.4 Å². The fourth-order valence-corrected chi connectivity index (χ4v) is 4.01. The van der Waals surface area contributed by atoms with Crippen LogP contribution in [0.3, 0.4) is 0 Å². The van der Waals surface area contributed by atoms with E-state index in [4.69, 9.17) is 4.99 Å². The molecule has 0 aliphatic carbocycles. The molecular weight excluding hydrogens is 330 g/mol. The molecule has 1 aliphatic rings. The van der Waals surface area contributed by atoms with Crippen LogP contribution in [0.15, 0.2) is 47.7 Å².